The second kappa shape index (κ2) is 7.27. The quantitative estimate of drug-likeness (QED) is 0.449. The smallest absolute Gasteiger partial charge is 0.359 e. The van der Waals surface area contributed by atoms with Gasteiger partial charge in [-0.25, -0.2) is 4.79 Å². The predicted molar refractivity (Wildman–Crippen MR) is 67.7 cm³/mol. The van der Waals surface area contributed by atoms with Crippen LogP contribution >= 0.6 is 34.8 Å². The van der Waals surface area contributed by atoms with Crippen molar-refractivity contribution in [3.05, 3.63) is 0 Å². The molecule has 0 saturated heterocycles. The Hall–Kier alpha value is -0.100. The number of hydrogen-bond acceptors (Lipinski definition) is 2. The molecule has 0 spiro atoms. The molecule has 0 fully saturated rings. The van der Waals surface area contributed by atoms with E-state index in [9.17, 15) is 4.79 Å². The first kappa shape index (κ1) is 15.9. The van der Waals surface area contributed by atoms with Crippen molar-refractivity contribution >= 4 is 40.8 Å². The highest BCUT2D eigenvalue weighted by Crippen LogP contribution is 2.28. The first-order valence-corrected chi connectivity index (χ1v) is 6.17. The van der Waals surface area contributed by atoms with Crippen LogP contribution in [0.5, 0.6) is 0 Å². The van der Waals surface area contributed by atoms with E-state index < -0.39 is 15.9 Å². The minimum Gasteiger partial charge on any atom is -0.446 e. The van der Waals surface area contributed by atoms with Gasteiger partial charge in [-0.15, -0.1) is 0 Å². The Morgan fingerprint density at radius 1 is 1.38 bits per heavy atom. The van der Waals surface area contributed by atoms with Gasteiger partial charge in [0.15, 0.2) is 6.10 Å². The predicted octanol–water partition coefficient (Wildman–Crippen LogP) is 3.73. The van der Waals surface area contributed by atoms with Gasteiger partial charge in [0.1, 0.15) is 0 Å². The van der Waals surface area contributed by atoms with Crippen LogP contribution in [0.3, 0.4) is 0 Å². The zero-order valence-corrected chi connectivity index (χ0v) is 11.8. The number of carbonyl (C=O) groups is 1. The van der Waals surface area contributed by atoms with Crippen molar-refractivity contribution in [1.29, 1.82) is 0 Å². The molecule has 0 saturated carbocycles. The van der Waals surface area contributed by atoms with Gasteiger partial charge in [0.05, 0.1) is 0 Å². The Balaban J connectivity index is 4.49. The third-order valence-electron chi connectivity index (χ3n) is 1.61. The Bertz CT molecular complexity index is 284. The minimum absolute atomic E-state index is 0.347. The van der Waals surface area contributed by atoms with Gasteiger partial charge in [0.25, 0.3) is 3.79 Å². The molecule has 0 amide bonds. The summed E-state index contributed by atoms with van der Waals surface area (Å²) in [5.74, 6) is 5.15. The molecule has 0 aliphatic rings. The molecule has 1 atom stereocenters. The van der Waals surface area contributed by atoms with Crippen LogP contribution in [-0.2, 0) is 9.53 Å². The fourth-order valence-electron chi connectivity index (χ4n) is 0.977. The van der Waals surface area contributed by atoms with Crippen LogP contribution in [0.2, 0.25) is 0 Å². The molecular weight excluding hydrogens is 270 g/mol. The number of carbonyl (C=O) groups excluding carboxylic acids is 1. The second-order valence-corrected chi connectivity index (χ2v) is 5.98. The monoisotopic (exact) mass is 284 g/mol. The van der Waals surface area contributed by atoms with Crippen molar-refractivity contribution in [3.8, 4) is 11.8 Å². The molecule has 5 heteroatoms. The second-order valence-electron chi connectivity index (χ2n) is 3.70. The summed E-state index contributed by atoms with van der Waals surface area (Å²) in [5.41, 5.74) is 0. The Labute approximate surface area is 112 Å². The van der Waals surface area contributed by atoms with E-state index in [1.165, 1.54) is 0 Å². The van der Waals surface area contributed by atoms with Crippen molar-refractivity contribution in [1.82, 2.24) is 0 Å². The summed E-state index contributed by atoms with van der Waals surface area (Å²) in [4.78, 5) is 11.3. The Kier molecular flexibility index (Phi) is 7.22. The zero-order valence-electron chi connectivity index (χ0n) is 9.52. The van der Waals surface area contributed by atoms with Gasteiger partial charge >= 0.3 is 5.97 Å². The maximum absolute atomic E-state index is 11.3. The van der Waals surface area contributed by atoms with Crippen molar-refractivity contribution < 1.29 is 9.53 Å². The molecule has 0 N–H and O–H groups in total. The molecule has 16 heavy (non-hydrogen) atoms. The molecule has 0 bridgehead atoms. The average molecular weight is 286 g/mol. The van der Waals surface area contributed by atoms with Crippen molar-refractivity contribution in [3.63, 3.8) is 0 Å². The highest BCUT2D eigenvalue weighted by atomic mass is 35.6. The molecule has 0 aliphatic heterocycles. The van der Waals surface area contributed by atoms with Crippen molar-refractivity contribution in [2.75, 3.05) is 0 Å². The van der Waals surface area contributed by atoms with Crippen LogP contribution in [0.15, 0.2) is 0 Å². The number of rotatable bonds is 3. The van der Waals surface area contributed by atoms with Gasteiger partial charge in [-0.1, -0.05) is 67.4 Å². The molecule has 0 aromatic heterocycles. The molecule has 2 nitrogen and oxygen atoms in total. The van der Waals surface area contributed by atoms with Crippen LogP contribution < -0.4 is 0 Å². The highest BCUT2D eigenvalue weighted by Gasteiger charge is 2.34. The SMILES string of the molecule is CCC#CC(CC(C)C)OC(=O)C(Cl)(Cl)Cl. The summed E-state index contributed by atoms with van der Waals surface area (Å²) in [5, 5.41) is 0. The summed E-state index contributed by atoms with van der Waals surface area (Å²) >= 11 is 16.2. The van der Waals surface area contributed by atoms with Crippen LogP contribution in [-0.4, -0.2) is 15.9 Å². The van der Waals surface area contributed by atoms with E-state index in [4.69, 9.17) is 39.5 Å². The van der Waals surface area contributed by atoms with Crippen LogP contribution in [0.4, 0.5) is 0 Å². The summed E-state index contributed by atoms with van der Waals surface area (Å²) in [6.45, 7) is 5.92. The number of hydrogen-bond donors (Lipinski definition) is 0. The fourth-order valence-corrected chi connectivity index (χ4v) is 1.11. The molecule has 1 unspecified atom stereocenters. The van der Waals surface area contributed by atoms with E-state index >= 15 is 0 Å². The third kappa shape index (κ3) is 7.22. The number of alkyl halides is 3. The first-order chi connectivity index (χ1) is 7.27. The lowest BCUT2D eigenvalue weighted by Crippen LogP contribution is -2.27. The Morgan fingerprint density at radius 2 is 1.94 bits per heavy atom. The molecule has 92 valence electrons. The van der Waals surface area contributed by atoms with Gasteiger partial charge in [-0.05, 0) is 12.3 Å². The molecular formula is C11H15Cl3O2. The van der Waals surface area contributed by atoms with Crippen LogP contribution in [0, 0.1) is 17.8 Å². The van der Waals surface area contributed by atoms with Gasteiger partial charge in [-0.3, -0.25) is 0 Å². The topological polar surface area (TPSA) is 26.3 Å². The van der Waals surface area contributed by atoms with Gasteiger partial charge in [0.2, 0.25) is 0 Å². The van der Waals surface area contributed by atoms with E-state index in [-0.39, 0.29) is 0 Å². The van der Waals surface area contributed by atoms with E-state index in [0.29, 0.717) is 18.8 Å². The fraction of sp³-hybridized carbons (Fsp3) is 0.727. The lowest BCUT2D eigenvalue weighted by Gasteiger charge is -2.17. The summed E-state index contributed by atoms with van der Waals surface area (Å²) in [6.07, 6.45) is 0.808. The molecule has 0 heterocycles. The molecule has 0 aromatic carbocycles. The average Bonchev–Trinajstić information content (AvgIpc) is 2.11. The zero-order chi connectivity index (χ0) is 12.8. The van der Waals surface area contributed by atoms with Gasteiger partial charge in [-0.2, -0.15) is 0 Å². The Morgan fingerprint density at radius 3 is 2.31 bits per heavy atom. The maximum Gasteiger partial charge on any atom is 0.359 e. The normalized spacial score (nSPS) is 12.9. The number of halogens is 3. The standard InChI is InChI=1S/C11H15Cl3O2/c1-4-5-6-9(7-8(2)3)16-10(15)11(12,13)14/h8-9H,4,7H2,1-3H3. The van der Waals surface area contributed by atoms with E-state index in [1.807, 2.05) is 20.8 Å². The largest absolute Gasteiger partial charge is 0.446 e. The van der Waals surface area contributed by atoms with Gasteiger partial charge in [0, 0.05) is 6.42 Å². The van der Waals surface area contributed by atoms with Crippen LogP contribution in [0.25, 0.3) is 0 Å². The molecule has 0 radical (unpaired) electrons. The molecule has 0 aliphatic carbocycles. The minimum atomic E-state index is -2.04. The molecule has 0 rings (SSSR count). The number of ether oxygens (including phenoxy) is 1. The summed E-state index contributed by atoms with van der Waals surface area (Å²) < 4.78 is 2.98. The van der Waals surface area contributed by atoms with E-state index in [1.54, 1.807) is 0 Å². The lowest BCUT2D eigenvalue weighted by atomic mass is 10.1. The van der Waals surface area contributed by atoms with Crippen molar-refractivity contribution in [2.45, 2.75) is 43.5 Å². The van der Waals surface area contributed by atoms with Crippen LogP contribution in [0.1, 0.15) is 33.6 Å². The molecule has 0 aromatic rings. The van der Waals surface area contributed by atoms with Gasteiger partial charge < -0.3 is 4.74 Å². The maximum atomic E-state index is 11.3. The van der Waals surface area contributed by atoms with Crippen molar-refractivity contribution in [2.24, 2.45) is 5.92 Å². The highest BCUT2D eigenvalue weighted by molar-refractivity contribution is 6.75. The lowest BCUT2D eigenvalue weighted by molar-refractivity contribution is -0.145. The van der Waals surface area contributed by atoms with E-state index in [2.05, 4.69) is 11.8 Å². The van der Waals surface area contributed by atoms with E-state index in [0.717, 1.165) is 0 Å². The summed E-state index contributed by atoms with van der Waals surface area (Å²) in [6, 6.07) is 0. The summed E-state index contributed by atoms with van der Waals surface area (Å²) in [7, 11) is 0. The first-order valence-electron chi connectivity index (χ1n) is 5.03. The number of esters is 1. The third-order valence-corrected chi connectivity index (χ3v) is 2.07.